The molecule has 0 unspecified atom stereocenters. The molecular formula is C10H24N2. The molecule has 12 heavy (non-hydrogen) atoms. The minimum absolute atomic E-state index is 0.226. The van der Waals surface area contributed by atoms with E-state index in [0.717, 1.165) is 25.6 Å². The van der Waals surface area contributed by atoms with Crippen molar-refractivity contribution in [3.63, 3.8) is 0 Å². The van der Waals surface area contributed by atoms with E-state index in [1.807, 2.05) is 0 Å². The lowest BCUT2D eigenvalue weighted by Gasteiger charge is -2.26. The lowest BCUT2D eigenvalue weighted by Crippen LogP contribution is -2.48. The summed E-state index contributed by atoms with van der Waals surface area (Å²) in [6.45, 7) is 14.2. The van der Waals surface area contributed by atoms with Crippen molar-refractivity contribution in [3.8, 4) is 0 Å². The number of rotatable bonds is 6. The van der Waals surface area contributed by atoms with Crippen LogP contribution in [-0.2, 0) is 0 Å². The van der Waals surface area contributed by atoms with Crippen molar-refractivity contribution >= 4 is 0 Å². The molecule has 0 saturated carbocycles. The van der Waals surface area contributed by atoms with Gasteiger partial charge in [0.05, 0.1) is 0 Å². The third kappa shape index (κ3) is 6.62. The fourth-order valence-electron chi connectivity index (χ4n) is 1.21. The van der Waals surface area contributed by atoms with E-state index in [9.17, 15) is 0 Å². The monoisotopic (exact) mass is 172 g/mol. The Morgan fingerprint density at radius 3 is 2.25 bits per heavy atom. The Labute approximate surface area is 77.1 Å². The van der Waals surface area contributed by atoms with Gasteiger partial charge in [0, 0.05) is 12.1 Å². The lowest BCUT2D eigenvalue weighted by molar-refractivity contribution is 0.364. The molecule has 0 spiro atoms. The van der Waals surface area contributed by atoms with Gasteiger partial charge in [0.2, 0.25) is 0 Å². The minimum Gasteiger partial charge on any atom is -0.315 e. The topological polar surface area (TPSA) is 24.1 Å². The molecule has 0 fully saturated rings. The van der Waals surface area contributed by atoms with Gasteiger partial charge in [0.25, 0.3) is 0 Å². The highest BCUT2D eigenvalue weighted by atomic mass is 15.0. The Morgan fingerprint density at radius 1 is 1.25 bits per heavy atom. The highest BCUT2D eigenvalue weighted by Crippen LogP contribution is 1.99. The average Bonchev–Trinajstić information content (AvgIpc) is 1.85. The largest absolute Gasteiger partial charge is 0.315 e. The summed E-state index contributed by atoms with van der Waals surface area (Å²) in [6.07, 6.45) is 0. The third-order valence-corrected chi connectivity index (χ3v) is 1.77. The maximum atomic E-state index is 3.45. The maximum Gasteiger partial charge on any atom is 0.0249 e. The molecule has 0 bridgehead atoms. The van der Waals surface area contributed by atoms with E-state index >= 15 is 0 Å². The van der Waals surface area contributed by atoms with E-state index in [-0.39, 0.29) is 5.54 Å². The summed E-state index contributed by atoms with van der Waals surface area (Å²) in [5.74, 6) is 0.738. The first-order valence-corrected chi connectivity index (χ1v) is 4.93. The first-order chi connectivity index (χ1) is 5.48. The molecule has 0 aliphatic heterocycles. The van der Waals surface area contributed by atoms with Crippen LogP contribution >= 0.6 is 0 Å². The second kappa shape index (κ2) is 5.55. The zero-order valence-corrected chi connectivity index (χ0v) is 9.20. The summed E-state index contributed by atoms with van der Waals surface area (Å²) in [5, 5.41) is 6.88. The first kappa shape index (κ1) is 11.9. The van der Waals surface area contributed by atoms with Gasteiger partial charge in [-0.2, -0.15) is 0 Å². The summed E-state index contributed by atoms with van der Waals surface area (Å²) < 4.78 is 0. The quantitative estimate of drug-likeness (QED) is 0.636. The second-order valence-electron chi connectivity index (χ2n) is 4.44. The van der Waals surface area contributed by atoms with E-state index < -0.39 is 0 Å². The third-order valence-electron chi connectivity index (χ3n) is 1.77. The zero-order chi connectivity index (χ0) is 9.61. The van der Waals surface area contributed by atoms with Crippen LogP contribution in [0.3, 0.4) is 0 Å². The van der Waals surface area contributed by atoms with Gasteiger partial charge in [-0.25, -0.2) is 0 Å². The van der Waals surface area contributed by atoms with Gasteiger partial charge < -0.3 is 10.6 Å². The molecule has 0 atom stereocenters. The molecule has 0 saturated heterocycles. The normalized spacial score (nSPS) is 12.5. The van der Waals surface area contributed by atoms with Crippen molar-refractivity contribution in [2.45, 2.75) is 40.2 Å². The van der Waals surface area contributed by atoms with Gasteiger partial charge in [-0.3, -0.25) is 0 Å². The van der Waals surface area contributed by atoms with Gasteiger partial charge in [-0.05, 0) is 32.9 Å². The van der Waals surface area contributed by atoms with Crippen molar-refractivity contribution in [2.24, 2.45) is 5.92 Å². The van der Waals surface area contributed by atoms with Crippen LogP contribution < -0.4 is 10.6 Å². The molecule has 0 rings (SSSR count). The Balaban J connectivity index is 3.46. The van der Waals surface area contributed by atoms with Crippen molar-refractivity contribution in [1.29, 1.82) is 0 Å². The fourth-order valence-corrected chi connectivity index (χ4v) is 1.21. The molecule has 0 radical (unpaired) electrons. The van der Waals surface area contributed by atoms with Crippen LogP contribution in [0.5, 0.6) is 0 Å². The predicted molar refractivity (Wildman–Crippen MR) is 55.5 cm³/mol. The van der Waals surface area contributed by atoms with Crippen LogP contribution in [0, 0.1) is 5.92 Å². The molecule has 2 heteroatoms. The molecule has 0 amide bonds. The molecule has 2 N–H and O–H groups in total. The summed E-state index contributed by atoms with van der Waals surface area (Å²) in [6, 6.07) is 0. The van der Waals surface area contributed by atoms with Crippen LogP contribution in [-0.4, -0.2) is 25.2 Å². The van der Waals surface area contributed by atoms with Gasteiger partial charge in [0.1, 0.15) is 0 Å². The summed E-state index contributed by atoms with van der Waals surface area (Å²) in [4.78, 5) is 0. The van der Waals surface area contributed by atoms with Crippen LogP contribution in [0.4, 0.5) is 0 Å². The molecule has 0 aromatic rings. The molecule has 0 aliphatic rings. The predicted octanol–water partition coefficient (Wildman–Crippen LogP) is 1.62. The first-order valence-electron chi connectivity index (χ1n) is 4.93. The summed E-state index contributed by atoms with van der Waals surface area (Å²) in [5.41, 5.74) is 0.226. The van der Waals surface area contributed by atoms with Gasteiger partial charge in [-0.15, -0.1) is 0 Å². The summed E-state index contributed by atoms with van der Waals surface area (Å²) >= 11 is 0. The highest BCUT2D eigenvalue weighted by molar-refractivity contribution is 4.79. The van der Waals surface area contributed by atoms with Crippen LogP contribution in [0.15, 0.2) is 0 Å². The molecule has 0 aliphatic carbocycles. The SMILES string of the molecule is CCNC(C)(C)CNCC(C)C. The average molecular weight is 172 g/mol. The minimum atomic E-state index is 0.226. The molecule has 2 nitrogen and oxygen atoms in total. The van der Waals surface area contributed by atoms with Gasteiger partial charge >= 0.3 is 0 Å². The van der Waals surface area contributed by atoms with E-state index in [2.05, 4.69) is 45.3 Å². The Kier molecular flexibility index (Phi) is 5.51. The van der Waals surface area contributed by atoms with E-state index in [4.69, 9.17) is 0 Å². The molecule has 74 valence electrons. The summed E-state index contributed by atoms with van der Waals surface area (Å²) in [7, 11) is 0. The highest BCUT2D eigenvalue weighted by Gasteiger charge is 2.14. The second-order valence-corrected chi connectivity index (χ2v) is 4.44. The molecule has 0 heterocycles. The number of hydrogen-bond acceptors (Lipinski definition) is 2. The van der Waals surface area contributed by atoms with Crippen molar-refractivity contribution in [3.05, 3.63) is 0 Å². The standard InChI is InChI=1S/C10H24N2/c1-6-12-10(4,5)8-11-7-9(2)3/h9,11-12H,6-8H2,1-5H3. The Bertz CT molecular complexity index is 108. The van der Waals surface area contributed by atoms with Gasteiger partial charge in [-0.1, -0.05) is 20.8 Å². The van der Waals surface area contributed by atoms with Gasteiger partial charge in [0.15, 0.2) is 0 Å². The van der Waals surface area contributed by atoms with Crippen molar-refractivity contribution in [2.75, 3.05) is 19.6 Å². The van der Waals surface area contributed by atoms with E-state index in [1.165, 1.54) is 0 Å². The van der Waals surface area contributed by atoms with E-state index in [1.54, 1.807) is 0 Å². The van der Waals surface area contributed by atoms with Crippen LogP contribution in [0.1, 0.15) is 34.6 Å². The zero-order valence-electron chi connectivity index (χ0n) is 9.20. The molecule has 0 aromatic heterocycles. The van der Waals surface area contributed by atoms with Crippen LogP contribution in [0.25, 0.3) is 0 Å². The van der Waals surface area contributed by atoms with Crippen molar-refractivity contribution in [1.82, 2.24) is 10.6 Å². The van der Waals surface area contributed by atoms with Crippen molar-refractivity contribution < 1.29 is 0 Å². The molecular weight excluding hydrogens is 148 g/mol. The maximum absolute atomic E-state index is 3.45. The van der Waals surface area contributed by atoms with Crippen LogP contribution in [0.2, 0.25) is 0 Å². The fraction of sp³-hybridized carbons (Fsp3) is 1.00. The van der Waals surface area contributed by atoms with E-state index in [0.29, 0.717) is 0 Å². The Morgan fingerprint density at radius 2 is 1.83 bits per heavy atom. The number of nitrogens with one attached hydrogen (secondary N) is 2. The number of likely N-dealkylation sites (N-methyl/N-ethyl adjacent to an activating group) is 1. The number of hydrogen-bond donors (Lipinski definition) is 2. The Hall–Kier alpha value is -0.0800. The molecule has 0 aromatic carbocycles. The lowest BCUT2D eigenvalue weighted by atomic mass is 10.1. The smallest absolute Gasteiger partial charge is 0.0249 e.